The van der Waals surface area contributed by atoms with Crippen LogP contribution in [0.3, 0.4) is 0 Å². The van der Waals surface area contributed by atoms with E-state index in [2.05, 4.69) is 51.8 Å². The molecule has 0 aromatic carbocycles. The van der Waals surface area contributed by atoms with Crippen LogP contribution in [0.4, 0.5) is 0 Å². The fraction of sp³-hybridized carbons (Fsp3) is 0.667. The van der Waals surface area contributed by atoms with Crippen molar-refractivity contribution in [3.05, 3.63) is 23.9 Å². The van der Waals surface area contributed by atoms with Gasteiger partial charge < -0.3 is 0 Å². The lowest BCUT2D eigenvalue weighted by Gasteiger charge is -2.24. The van der Waals surface area contributed by atoms with E-state index >= 15 is 0 Å². The van der Waals surface area contributed by atoms with Crippen molar-refractivity contribution in [2.24, 2.45) is 16.3 Å². The molecule has 1 heterocycles. The van der Waals surface area contributed by atoms with Gasteiger partial charge in [-0.25, -0.2) is 0 Å². The molecule has 1 rings (SSSR count). The second kappa shape index (κ2) is 5.47. The highest BCUT2D eigenvalue weighted by Gasteiger charge is 2.22. The molecule has 1 aliphatic rings. The molecule has 0 bridgehead atoms. The first-order valence-corrected chi connectivity index (χ1v) is 6.41. The van der Waals surface area contributed by atoms with Gasteiger partial charge in [-0.2, -0.15) is 0 Å². The standard InChI is InChI=1S/C15H25N/c1-6-7-14-11-15(5,10-12(2)3)8-9-16-13(14)4/h8-9,11-12H,6-7,10H2,1-5H3. The molecule has 1 heteroatoms. The molecule has 0 amide bonds. The van der Waals surface area contributed by atoms with E-state index in [1.54, 1.807) is 0 Å². The number of nitrogens with zero attached hydrogens (tertiary/aromatic N) is 1. The normalized spacial score (nSPS) is 25.4. The van der Waals surface area contributed by atoms with Gasteiger partial charge in [0, 0.05) is 17.3 Å². The zero-order valence-electron chi connectivity index (χ0n) is 11.4. The topological polar surface area (TPSA) is 12.4 Å². The highest BCUT2D eigenvalue weighted by molar-refractivity contribution is 5.99. The third-order valence-corrected chi connectivity index (χ3v) is 3.06. The van der Waals surface area contributed by atoms with Crippen LogP contribution in [0.25, 0.3) is 0 Å². The van der Waals surface area contributed by atoms with Crippen LogP contribution in [-0.4, -0.2) is 5.71 Å². The summed E-state index contributed by atoms with van der Waals surface area (Å²) in [6.45, 7) is 11.2. The molecule has 0 saturated heterocycles. The lowest BCUT2D eigenvalue weighted by molar-refractivity contribution is 0.408. The highest BCUT2D eigenvalue weighted by atomic mass is 14.7. The SMILES string of the molecule is CCCC1=CC(C)(CC(C)C)C=CN=C1C. The minimum atomic E-state index is 0.180. The molecule has 90 valence electrons. The second-order valence-corrected chi connectivity index (χ2v) is 5.55. The lowest BCUT2D eigenvalue weighted by atomic mass is 9.80. The molecular weight excluding hydrogens is 194 g/mol. The largest absolute Gasteiger partial charge is 0.262 e. The van der Waals surface area contributed by atoms with Crippen LogP contribution in [0.15, 0.2) is 28.9 Å². The van der Waals surface area contributed by atoms with Crippen molar-refractivity contribution >= 4 is 5.71 Å². The van der Waals surface area contributed by atoms with Gasteiger partial charge in [0.05, 0.1) is 0 Å². The third-order valence-electron chi connectivity index (χ3n) is 3.06. The second-order valence-electron chi connectivity index (χ2n) is 5.55. The summed E-state index contributed by atoms with van der Waals surface area (Å²) in [7, 11) is 0. The van der Waals surface area contributed by atoms with E-state index in [0.717, 1.165) is 6.42 Å². The maximum atomic E-state index is 4.49. The Morgan fingerprint density at radius 2 is 2.06 bits per heavy atom. The Morgan fingerprint density at radius 1 is 1.38 bits per heavy atom. The first-order chi connectivity index (χ1) is 7.47. The predicted octanol–water partition coefficient (Wildman–Crippen LogP) is 4.75. The minimum absolute atomic E-state index is 0.180. The van der Waals surface area contributed by atoms with E-state index in [0.29, 0.717) is 5.92 Å². The zero-order chi connectivity index (χ0) is 12.2. The van der Waals surface area contributed by atoms with Gasteiger partial charge in [-0.15, -0.1) is 0 Å². The van der Waals surface area contributed by atoms with Crippen LogP contribution >= 0.6 is 0 Å². The monoisotopic (exact) mass is 219 g/mol. The summed E-state index contributed by atoms with van der Waals surface area (Å²) in [4.78, 5) is 4.49. The summed E-state index contributed by atoms with van der Waals surface area (Å²) >= 11 is 0. The number of hydrogen-bond donors (Lipinski definition) is 0. The maximum Gasteiger partial charge on any atom is 0.0401 e. The summed E-state index contributed by atoms with van der Waals surface area (Å²) in [6.07, 6.45) is 10.2. The van der Waals surface area contributed by atoms with Crippen LogP contribution in [0.5, 0.6) is 0 Å². The van der Waals surface area contributed by atoms with E-state index in [9.17, 15) is 0 Å². The summed E-state index contributed by atoms with van der Waals surface area (Å²) in [6, 6.07) is 0. The Hall–Kier alpha value is -0.850. The Morgan fingerprint density at radius 3 is 2.62 bits per heavy atom. The first kappa shape index (κ1) is 13.2. The average molecular weight is 219 g/mol. The van der Waals surface area contributed by atoms with Crippen molar-refractivity contribution < 1.29 is 0 Å². The van der Waals surface area contributed by atoms with Gasteiger partial charge in [0.1, 0.15) is 0 Å². The highest BCUT2D eigenvalue weighted by Crippen LogP contribution is 2.33. The van der Waals surface area contributed by atoms with Gasteiger partial charge in [0.2, 0.25) is 0 Å². The molecule has 1 atom stereocenters. The van der Waals surface area contributed by atoms with Gasteiger partial charge in [-0.05, 0) is 31.3 Å². The maximum absolute atomic E-state index is 4.49. The number of hydrogen-bond acceptors (Lipinski definition) is 1. The van der Waals surface area contributed by atoms with E-state index in [4.69, 9.17) is 0 Å². The average Bonchev–Trinajstić information content (AvgIpc) is 2.26. The quantitative estimate of drug-likeness (QED) is 0.647. The number of allylic oxidation sites excluding steroid dienone is 3. The summed E-state index contributed by atoms with van der Waals surface area (Å²) < 4.78 is 0. The van der Waals surface area contributed by atoms with Crippen molar-refractivity contribution in [3.63, 3.8) is 0 Å². The van der Waals surface area contributed by atoms with E-state index in [-0.39, 0.29) is 5.41 Å². The molecule has 1 unspecified atom stereocenters. The van der Waals surface area contributed by atoms with Crippen molar-refractivity contribution in [2.45, 2.75) is 53.9 Å². The molecule has 0 radical (unpaired) electrons. The molecule has 16 heavy (non-hydrogen) atoms. The van der Waals surface area contributed by atoms with Gasteiger partial charge >= 0.3 is 0 Å². The molecule has 0 spiro atoms. The smallest absolute Gasteiger partial charge is 0.0401 e. The van der Waals surface area contributed by atoms with Crippen LogP contribution in [0.1, 0.15) is 53.9 Å². The third kappa shape index (κ3) is 3.62. The summed E-state index contributed by atoms with van der Waals surface area (Å²) in [5, 5.41) is 0. The molecule has 0 aliphatic carbocycles. The van der Waals surface area contributed by atoms with Crippen LogP contribution in [-0.2, 0) is 0 Å². The minimum Gasteiger partial charge on any atom is -0.262 e. The molecule has 0 fully saturated rings. The molecule has 0 saturated carbocycles. The molecular formula is C15H25N. The fourth-order valence-corrected chi connectivity index (χ4v) is 2.48. The van der Waals surface area contributed by atoms with Gasteiger partial charge in [-0.3, -0.25) is 4.99 Å². The van der Waals surface area contributed by atoms with Crippen LogP contribution in [0.2, 0.25) is 0 Å². The molecule has 0 aromatic rings. The fourth-order valence-electron chi connectivity index (χ4n) is 2.48. The van der Waals surface area contributed by atoms with E-state index < -0.39 is 0 Å². The Balaban J connectivity index is 2.96. The van der Waals surface area contributed by atoms with Crippen molar-refractivity contribution in [1.82, 2.24) is 0 Å². The van der Waals surface area contributed by atoms with Gasteiger partial charge in [0.15, 0.2) is 0 Å². The summed E-state index contributed by atoms with van der Waals surface area (Å²) in [5.74, 6) is 0.715. The van der Waals surface area contributed by atoms with Gasteiger partial charge in [-0.1, -0.05) is 46.3 Å². The van der Waals surface area contributed by atoms with Crippen molar-refractivity contribution in [3.8, 4) is 0 Å². The van der Waals surface area contributed by atoms with Gasteiger partial charge in [0.25, 0.3) is 0 Å². The first-order valence-electron chi connectivity index (χ1n) is 6.41. The Bertz CT molecular complexity index is 320. The number of aliphatic imine (C=N–C) groups is 1. The van der Waals surface area contributed by atoms with Crippen molar-refractivity contribution in [2.75, 3.05) is 0 Å². The van der Waals surface area contributed by atoms with E-state index in [1.165, 1.54) is 24.1 Å². The lowest BCUT2D eigenvalue weighted by Crippen LogP contribution is -2.14. The molecule has 1 nitrogen and oxygen atoms in total. The Labute approximate surface area is 100 Å². The molecule has 0 N–H and O–H groups in total. The number of rotatable bonds is 4. The van der Waals surface area contributed by atoms with Crippen molar-refractivity contribution in [1.29, 1.82) is 0 Å². The van der Waals surface area contributed by atoms with Crippen LogP contribution < -0.4 is 0 Å². The predicted molar refractivity (Wildman–Crippen MR) is 72.8 cm³/mol. The zero-order valence-corrected chi connectivity index (χ0v) is 11.4. The molecule has 1 aliphatic heterocycles. The Kier molecular flexibility index (Phi) is 4.52. The van der Waals surface area contributed by atoms with E-state index in [1.807, 2.05) is 6.20 Å². The van der Waals surface area contributed by atoms with Crippen LogP contribution in [0, 0.1) is 11.3 Å². The molecule has 0 aromatic heterocycles. The summed E-state index contributed by atoms with van der Waals surface area (Å²) in [5.41, 5.74) is 2.79.